The number of hydroxylamine groups is 1. The van der Waals surface area contributed by atoms with Gasteiger partial charge in [-0.2, -0.15) is 5.48 Å². The number of nitrogens with one attached hydrogen (secondary N) is 1. The molecule has 0 saturated heterocycles. The lowest BCUT2D eigenvalue weighted by Gasteiger charge is -2.33. The third kappa shape index (κ3) is 2.46. The first-order chi connectivity index (χ1) is 5.77. The van der Waals surface area contributed by atoms with Gasteiger partial charge in [0, 0.05) is 6.04 Å². The summed E-state index contributed by atoms with van der Waals surface area (Å²) in [5.74, 6) is 1.72. The Kier molecular flexibility index (Phi) is 4.02. The smallest absolute Gasteiger partial charge is 0.0572 e. The average molecular weight is 171 g/mol. The fraction of sp³-hybridized carbons (Fsp3) is 1.00. The van der Waals surface area contributed by atoms with Crippen molar-refractivity contribution in [2.45, 2.75) is 45.6 Å². The number of rotatable bonds is 3. The van der Waals surface area contributed by atoms with Gasteiger partial charge in [-0.25, -0.2) is 0 Å². The lowest BCUT2D eigenvalue weighted by Crippen LogP contribution is -2.38. The van der Waals surface area contributed by atoms with E-state index in [1.54, 1.807) is 7.11 Å². The number of hydrogen-bond acceptors (Lipinski definition) is 2. The van der Waals surface area contributed by atoms with Crippen molar-refractivity contribution in [3.63, 3.8) is 0 Å². The van der Waals surface area contributed by atoms with Gasteiger partial charge in [-0.1, -0.05) is 20.3 Å². The van der Waals surface area contributed by atoms with Crippen LogP contribution in [0.2, 0.25) is 0 Å². The van der Waals surface area contributed by atoms with E-state index in [1.165, 1.54) is 25.7 Å². The molecule has 0 aromatic carbocycles. The Balaban J connectivity index is 2.31. The van der Waals surface area contributed by atoms with Crippen molar-refractivity contribution in [3.05, 3.63) is 0 Å². The largest absolute Gasteiger partial charge is 0.305 e. The van der Waals surface area contributed by atoms with Crippen LogP contribution in [0.5, 0.6) is 0 Å². The highest BCUT2D eigenvalue weighted by atomic mass is 16.6. The highest BCUT2D eigenvalue weighted by Crippen LogP contribution is 2.30. The summed E-state index contributed by atoms with van der Waals surface area (Å²) in [5, 5.41) is 0. The molecular formula is C10H21NO. The lowest BCUT2D eigenvalue weighted by molar-refractivity contribution is 0.0226. The zero-order valence-electron chi connectivity index (χ0n) is 8.47. The average Bonchev–Trinajstić information content (AvgIpc) is 2.09. The van der Waals surface area contributed by atoms with Gasteiger partial charge < -0.3 is 4.84 Å². The number of hydrogen-bond donors (Lipinski definition) is 1. The second kappa shape index (κ2) is 4.83. The molecular weight excluding hydrogens is 150 g/mol. The SMILES string of the molecule is CCC1CC[C@H](NOC)C(C)C1. The first-order valence-corrected chi connectivity index (χ1v) is 5.06. The third-order valence-electron chi connectivity index (χ3n) is 3.12. The Bertz CT molecular complexity index is 127. The van der Waals surface area contributed by atoms with Crippen LogP contribution in [0.1, 0.15) is 39.5 Å². The zero-order valence-corrected chi connectivity index (χ0v) is 8.47. The van der Waals surface area contributed by atoms with Crippen LogP contribution in [0, 0.1) is 11.8 Å². The van der Waals surface area contributed by atoms with E-state index in [-0.39, 0.29) is 0 Å². The lowest BCUT2D eigenvalue weighted by atomic mass is 9.78. The van der Waals surface area contributed by atoms with Crippen molar-refractivity contribution >= 4 is 0 Å². The van der Waals surface area contributed by atoms with Crippen molar-refractivity contribution in [1.29, 1.82) is 0 Å². The predicted octanol–water partition coefficient (Wildman–Crippen LogP) is 2.35. The second-order valence-electron chi connectivity index (χ2n) is 3.99. The monoisotopic (exact) mass is 171 g/mol. The minimum Gasteiger partial charge on any atom is -0.305 e. The van der Waals surface area contributed by atoms with Crippen LogP contribution in [0.15, 0.2) is 0 Å². The van der Waals surface area contributed by atoms with E-state index < -0.39 is 0 Å². The normalized spacial score (nSPS) is 36.8. The topological polar surface area (TPSA) is 21.3 Å². The Morgan fingerprint density at radius 2 is 2.17 bits per heavy atom. The maximum Gasteiger partial charge on any atom is 0.0572 e. The molecule has 0 heterocycles. The summed E-state index contributed by atoms with van der Waals surface area (Å²) in [6.45, 7) is 4.61. The molecule has 0 bridgehead atoms. The fourth-order valence-electron chi connectivity index (χ4n) is 2.20. The molecule has 0 radical (unpaired) electrons. The maximum absolute atomic E-state index is 4.97. The Morgan fingerprint density at radius 1 is 1.42 bits per heavy atom. The first kappa shape index (κ1) is 10.0. The van der Waals surface area contributed by atoms with Crippen LogP contribution in [-0.4, -0.2) is 13.2 Å². The minimum absolute atomic E-state index is 0.581. The van der Waals surface area contributed by atoms with Crippen molar-refractivity contribution in [1.82, 2.24) is 5.48 Å². The summed E-state index contributed by atoms with van der Waals surface area (Å²) in [7, 11) is 1.71. The van der Waals surface area contributed by atoms with E-state index in [1.807, 2.05) is 0 Å². The van der Waals surface area contributed by atoms with Crippen LogP contribution in [0.25, 0.3) is 0 Å². The Morgan fingerprint density at radius 3 is 2.67 bits per heavy atom. The van der Waals surface area contributed by atoms with Crippen molar-refractivity contribution < 1.29 is 4.84 Å². The van der Waals surface area contributed by atoms with Gasteiger partial charge in [0.2, 0.25) is 0 Å². The molecule has 0 spiro atoms. The predicted molar refractivity (Wildman–Crippen MR) is 50.7 cm³/mol. The van der Waals surface area contributed by atoms with Crippen LogP contribution >= 0.6 is 0 Å². The Labute approximate surface area is 75.6 Å². The van der Waals surface area contributed by atoms with E-state index in [2.05, 4.69) is 19.3 Å². The van der Waals surface area contributed by atoms with Crippen LogP contribution < -0.4 is 5.48 Å². The summed E-state index contributed by atoms with van der Waals surface area (Å²) in [6.07, 6.45) is 5.33. The van der Waals surface area contributed by atoms with E-state index in [0.717, 1.165) is 11.8 Å². The fourth-order valence-corrected chi connectivity index (χ4v) is 2.20. The summed E-state index contributed by atoms with van der Waals surface area (Å²) in [4.78, 5) is 4.97. The van der Waals surface area contributed by atoms with Crippen molar-refractivity contribution in [3.8, 4) is 0 Å². The van der Waals surface area contributed by atoms with Crippen LogP contribution in [0.3, 0.4) is 0 Å². The third-order valence-corrected chi connectivity index (χ3v) is 3.12. The van der Waals surface area contributed by atoms with Crippen LogP contribution in [0.4, 0.5) is 0 Å². The molecule has 2 unspecified atom stereocenters. The van der Waals surface area contributed by atoms with E-state index in [4.69, 9.17) is 4.84 Å². The van der Waals surface area contributed by atoms with Crippen molar-refractivity contribution in [2.24, 2.45) is 11.8 Å². The standard InChI is InChI=1S/C10H21NO/c1-4-9-5-6-10(11-12-3)8(2)7-9/h8-11H,4-7H2,1-3H3/t8?,9?,10-/m0/s1. The molecule has 1 saturated carbocycles. The van der Waals surface area contributed by atoms with Crippen LogP contribution in [-0.2, 0) is 4.84 Å². The molecule has 1 rings (SSSR count). The minimum atomic E-state index is 0.581. The van der Waals surface area contributed by atoms with Gasteiger partial charge in [-0.05, 0) is 31.1 Å². The Hall–Kier alpha value is -0.0800. The van der Waals surface area contributed by atoms with Gasteiger partial charge in [0.25, 0.3) is 0 Å². The summed E-state index contributed by atoms with van der Waals surface area (Å²) < 4.78 is 0. The van der Waals surface area contributed by atoms with Gasteiger partial charge >= 0.3 is 0 Å². The molecule has 3 atom stereocenters. The molecule has 1 aliphatic carbocycles. The summed E-state index contributed by atoms with van der Waals surface area (Å²) >= 11 is 0. The molecule has 1 N–H and O–H groups in total. The summed E-state index contributed by atoms with van der Waals surface area (Å²) in [5.41, 5.74) is 3.08. The zero-order chi connectivity index (χ0) is 8.97. The molecule has 0 aromatic heterocycles. The highest BCUT2D eigenvalue weighted by molar-refractivity contribution is 4.79. The first-order valence-electron chi connectivity index (χ1n) is 5.06. The molecule has 0 aromatic rings. The van der Waals surface area contributed by atoms with Crippen molar-refractivity contribution in [2.75, 3.05) is 7.11 Å². The highest BCUT2D eigenvalue weighted by Gasteiger charge is 2.26. The van der Waals surface area contributed by atoms with Gasteiger partial charge in [-0.3, -0.25) is 0 Å². The quantitative estimate of drug-likeness (QED) is 0.658. The second-order valence-corrected chi connectivity index (χ2v) is 3.99. The molecule has 72 valence electrons. The molecule has 1 aliphatic rings. The molecule has 0 aliphatic heterocycles. The van der Waals surface area contributed by atoms with E-state index in [9.17, 15) is 0 Å². The maximum atomic E-state index is 4.97. The van der Waals surface area contributed by atoms with Gasteiger partial charge in [0.05, 0.1) is 7.11 Å². The molecule has 0 amide bonds. The summed E-state index contributed by atoms with van der Waals surface area (Å²) in [6, 6.07) is 0.581. The molecule has 2 heteroatoms. The molecule has 2 nitrogen and oxygen atoms in total. The van der Waals surface area contributed by atoms with Gasteiger partial charge in [0.1, 0.15) is 0 Å². The molecule has 1 fully saturated rings. The van der Waals surface area contributed by atoms with E-state index in [0.29, 0.717) is 6.04 Å². The van der Waals surface area contributed by atoms with E-state index >= 15 is 0 Å². The molecule has 12 heavy (non-hydrogen) atoms. The van der Waals surface area contributed by atoms with Gasteiger partial charge in [0.15, 0.2) is 0 Å². The van der Waals surface area contributed by atoms with Gasteiger partial charge in [-0.15, -0.1) is 0 Å².